The number of benzene rings is 2. The largest absolute Gasteiger partial charge is 0.408 e. The molecule has 6 nitrogen and oxygen atoms in total. The van der Waals surface area contributed by atoms with Crippen LogP contribution in [0.25, 0.3) is 0 Å². The highest BCUT2D eigenvalue weighted by atomic mass is 31.2. The molecule has 1 aliphatic rings. The van der Waals surface area contributed by atoms with Crippen molar-refractivity contribution in [1.29, 1.82) is 0 Å². The third kappa shape index (κ3) is 6.77. The van der Waals surface area contributed by atoms with Gasteiger partial charge in [0, 0.05) is 13.0 Å². The van der Waals surface area contributed by atoms with Crippen LogP contribution in [0.5, 0.6) is 0 Å². The molecule has 0 saturated carbocycles. The summed E-state index contributed by atoms with van der Waals surface area (Å²) in [6.45, 7) is -0.508. The molecule has 1 saturated heterocycles. The molecule has 1 aliphatic heterocycles. The van der Waals surface area contributed by atoms with Crippen LogP contribution in [-0.4, -0.2) is 31.0 Å². The second-order valence-electron chi connectivity index (χ2n) is 7.40. The second kappa shape index (κ2) is 11.8. The van der Waals surface area contributed by atoms with Crippen molar-refractivity contribution in [1.82, 2.24) is 0 Å². The maximum atomic E-state index is 15.1. The van der Waals surface area contributed by atoms with Crippen molar-refractivity contribution in [3.05, 3.63) is 71.8 Å². The molecule has 2 aromatic carbocycles. The fraction of sp³-hybridized carbons (Fsp3) is 0.435. The van der Waals surface area contributed by atoms with Gasteiger partial charge in [0.25, 0.3) is 0 Å². The van der Waals surface area contributed by atoms with Gasteiger partial charge in [-0.1, -0.05) is 60.7 Å². The quantitative estimate of drug-likeness (QED) is 0.372. The van der Waals surface area contributed by atoms with E-state index in [0.717, 1.165) is 12.8 Å². The zero-order valence-electron chi connectivity index (χ0n) is 17.7. The minimum atomic E-state index is -5.15. The van der Waals surface area contributed by atoms with E-state index in [1.54, 1.807) is 60.7 Å². The SMILES string of the molecule is O=C(CCOC1CCCCO1)C(F)(F)P(=O)(OCc1ccccc1)OCc1ccccc1. The normalized spacial score (nSPS) is 17.2. The van der Waals surface area contributed by atoms with Crippen molar-refractivity contribution < 1.29 is 36.7 Å². The fourth-order valence-corrected chi connectivity index (χ4v) is 4.55. The molecule has 1 fully saturated rings. The first-order valence-corrected chi connectivity index (χ1v) is 12.1. The molecule has 3 rings (SSSR count). The lowest BCUT2D eigenvalue weighted by atomic mass is 10.2. The molecule has 0 bridgehead atoms. The Balaban J connectivity index is 1.66. The van der Waals surface area contributed by atoms with E-state index in [4.69, 9.17) is 18.5 Å². The Morgan fingerprint density at radius 1 is 0.969 bits per heavy atom. The first-order valence-electron chi connectivity index (χ1n) is 10.5. The van der Waals surface area contributed by atoms with Crippen molar-refractivity contribution in [3.63, 3.8) is 0 Å². The molecule has 9 heteroatoms. The first-order chi connectivity index (χ1) is 15.4. The topological polar surface area (TPSA) is 71.1 Å². The molecule has 174 valence electrons. The van der Waals surface area contributed by atoms with Crippen molar-refractivity contribution in [3.8, 4) is 0 Å². The van der Waals surface area contributed by atoms with Gasteiger partial charge in [0.05, 0.1) is 19.8 Å². The molecule has 1 unspecified atom stereocenters. The molecule has 0 radical (unpaired) electrons. The van der Waals surface area contributed by atoms with Crippen LogP contribution in [0.15, 0.2) is 60.7 Å². The summed E-state index contributed by atoms with van der Waals surface area (Å²) < 4.78 is 64.4. The number of hydrogen-bond acceptors (Lipinski definition) is 6. The Kier molecular flexibility index (Phi) is 9.08. The molecule has 32 heavy (non-hydrogen) atoms. The predicted octanol–water partition coefficient (Wildman–Crippen LogP) is 5.71. The third-order valence-corrected chi connectivity index (χ3v) is 6.81. The van der Waals surface area contributed by atoms with Crippen molar-refractivity contribution in [2.24, 2.45) is 0 Å². The van der Waals surface area contributed by atoms with Crippen LogP contribution in [0.3, 0.4) is 0 Å². The summed E-state index contributed by atoms with van der Waals surface area (Å²) >= 11 is 0. The van der Waals surface area contributed by atoms with Crippen LogP contribution in [0, 0.1) is 0 Å². The highest BCUT2D eigenvalue weighted by Gasteiger charge is 2.59. The maximum Gasteiger partial charge on any atom is 0.408 e. The van der Waals surface area contributed by atoms with Crippen LogP contribution >= 0.6 is 7.60 Å². The molecule has 0 amide bonds. The number of carbonyl (C=O) groups excluding carboxylic acids is 1. The highest BCUT2D eigenvalue weighted by molar-refractivity contribution is 7.56. The van der Waals surface area contributed by atoms with Gasteiger partial charge in [-0.25, -0.2) is 0 Å². The number of Topliss-reactive ketones (excluding diaryl/α,β-unsaturated/α-hetero) is 1. The highest BCUT2D eigenvalue weighted by Crippen LogP contribution is 2.63. The lowest BCUT2D eigenvalue weighted by Crippen LogP contribution is -2.32. The fourth-order valence-electron chi connectivity index (χ4n) is 3.10. The Bertz CT molecular complexity index is 840. The van der Waals surface area contributed by atoms with Crippen LogP contribution < -0.4 is 0 Å². The predicted molar refractivity (Wildman–Crippen MR) is 114 cm³/mol. The van der Waals surface area contributed by atoms with Crippen molar-refractivity contribution >= 4 is 13.4 Å². The van der Waals surface area contributed by atoms with E-state index in [0.29, 0.717) is 24.2 Å². The standard InChI is InChI=1S/C23H27F2O6P/c24-23(25,21(26)14-16-29-22-13-7-8-15-28-22)32(27,30-17-19-9-3-1-4-10-19)31-18-20-11-5-2-6-12-20/h1-6,9-12,22H,7-8,13-18H2. The Hall–Kier alpha value is -1.96. The van der Waals surface area contributed by atoms with E-state index in [1.165, 1.54) is 0 Å². The number of carbonyl (C=O) groups is 1. The molecule has 0 aliphatic carbocycles. The molecule has 1 heterocycles. The van der Waals surface area contributed by atoms with Crippen LogP contribution in [0.2, 0.25) is 0 Å². The number of ether oxygens (including phenoxy) is 2. The molecule has 0 N–H and O–H groups in total. The van der Waals surface area contributed by atoms with E-state index in [1.807, 2.05) is 0 Å². The summed E-state index contributed by atoms with van der Waals surface area (Å²) in [5, 5.41) is 0. The molecule has 0 aromatic heterocycles. The van der Waals surface area contributed by atoms with Crippen LogP contribution in [-0.2, 0) is 41.1 Å². The van der Waals surface area contributed by atoms with E-state index >= 15 is 8.78 Å². The molecular formula is C23H27F2O6P. The lowest BCUT2D eigenvalue weighted by Gasteiger charge is -2.26. The summed E-state index contributed by atoms with van der Waals surface area (Å²) in [5.74, 6) is -1.56. The third-order valence-electron chi connectivity index (χ3n) is 4.94. The number of ketones is 1. The van der Waals surface area contributed by atoms with Gasteiger partial charge in [0.15, 0.2) is 6.29 Å². The lowest BCUT2D eigenvalue weighted by molar-refractivity contribution is -0.166. The summed E-state index contributed by atoms with van der Waals surface area (Å²) in [6, 6.07) is 16.8. The van der Waals surface area contributed by atoms with E-state index < -0.39 is 31.8 Å². The molecule has 2 aromatic rings. The monoisotopic (exact) mass is 468 g/mol. The van der Waals surface area contributed by atoms with Crippen LogP contribution in [0.4, 0.5) is 8.78 Å². The smallest absolute Gasteiger partial charge is 0.353 e. The minimum Gasteiger partial charge on any atom is -0.353 e. The van der Waals surface area contributed by atoms with Crippen LogP contribution in [0.1, 0.15) is 36.8 Å². The zero-order chi connectivity index (χ0) is 22.9. The minimum absolute atomic E-state index is 0.267. The van der Waals surface area contributed by atoms with Gasteiger partial charge >= 0.3 is 13.3 Å². The average molecular weight is 468 g/mol. The number of rotatable bonds is 12. The average Bonchev–Trinajstić information content (AvgIpc) is 2.83. The van der Waals surface area contributed by atoms with Gasteiger partial charge in [0.1, 0.15) is 0 Å². The second-order valence-corrected chi connectivity index (χ2v) is 9.47. The molecule has 0 spiro atoms. The summed E-state index contributed by atoms with van der Waals surface area (Å²) in [5.41, 5.74) is -3.28. The molecule has 1 atom stereocenters. The summed E-state index contributed by atoms with van der Waals surface area (Å²) in [4.78, 5) is 12.4. The summed E-state index contributed by atoms with van der Waals surface area (Å²) in [7, 11) is -5.15. The van der Waals surface area contributed by atoms with E-state index in [9.17, 15) is 9.36 Å². The van der Waals surface area contributed by atoms with Gasteiger partial charge in [-0.15, -0.1) is 0 Å². The first kappa shape index (κ1) is 24.7. The van der Waals surface area contributed by atoms with Gasteiger partial charge in [0.2, 0.25) is 5.78 Å². The van der Waals surface area contributed by atoms with Crippen molar-refractivity contribution in [2.75, 3.05) is 13.2 Å². The van der Waals surface area contributed by atoms with Crippen molar-refractivity contribution in [2.45, 2.75) is 50.9 Å². The Morgan fingerprint density at radius 2 is 1.53 bits per heavy atom. The van der Waals surface area contributed by atoms with Gasteiger partial charge in [-0.3, -0.25) is 18.4 Å². The Morgan fingerprint density at radius 3 is 2.03 bits per heavy atom. The molecular weight excluding hydrogens is 441 g/mol. The van der Waals surface area contributed by atoms with Gasteiger partial charge in [-0.05, 0) is 30.4 Å². The van der Waals surface area contributed by atoms with E-state index in [-0.39, 0.29) is 19.8 Å². The Labute approximate surface area is 186 Å². The summed E-state index contributed by atoms with van der Waals surface area (Å²) in [6.07, 6.45) is 1.31. The van der Waals surface area contributed by atoms with E-state index in [2.05, 4.69) is 0 Å². The number of alkyl halides is 2. The zero-order valence-corrected chi connectivity index (χ0v) is 18.6. The van der Waals surface area contributed by atoms with Gasteiger partial charge < -0.3 is 9.47 Å². The maximum absolute atomic E-state index is 15.1. The number of halogens is 2. The van der Waals surface area contributed by atoms with Gasteiger partial charge in [-0.2, -0.15) is 8.78 Å². The number of hydrogen-bond donors (Lipinski definition) is 0.